The van der Waals surface area contributed by atoms with Crippen LogP contribution in [0.5, 0.6) is 0 Å². The van der Waals surface area contributed by atoms with Crippen LogP contribution in [0, 0.1) is 0 Å². The Kier molecular flexibility index (Phi) is 5.26. The highest BCUT2D eigenvalue weighted by molar-refractivity contribution is 5.94. The van der Waals surface area contributed by atoms with Crippen LogP contribution in [0.4, 0.5) is 5.82 Å². The zero-order valence-corrected chi connectivity index (χ0v) is 16.0. The normalized spacial score (nSPS) is 10.8. The topological polar surface area (TPSA) is 64.4 Å². The lowest BCUT2D eigenvalue weighted by molar-refractivity contribution is 0.0524. The molecule has 0 aliphatic carbocycles. The Bertz CT molecular complexity index is 1050. The molecule has 6 heteroatoms. The number of carbonyl (C=O) groups excluding carboxylic acids is 1. The van der Waals surface area contributed by atoms with Crippen molar-refractivity contribution in [3.8, 4) is 11.1 Å². The van der Waals surface area contributed by atoms with Crippen LogP contribution in [-0.2, 0) is 11.3 Å². The average Bonchev–Trinajstić information content (AvgIpc) is 2.68. The molecule has 140 valence electrons. The van der Waals surface area contributed by atoms with E-state index in [0.717, 1.165) is 22.5 Å². The highest BCUT2D eigenvalue weighted by Crippen LogP contribution is 2.25. The van der Waals surface area contributed by atoms with Crippen molar-refractivity contribution in [2.45, 2.75) is 20.4 Å². The standard InChI is InChI=1S/C21H23N3O3/c1-5-24-13-17(21(26)27-6-2)20(25)16-8-7-14(11-18(16)24)15-9-10-22-19(12-15)23(3)4/h7-13H,5-6H2,1-4H3. The lowest BCUT2D eigenvalue weighted by Crippen LogP contribution is -2.20. The number of carbonyl (C=O) groups is 1. The lowest BCUT2D eigenvalue weighted by atomic mass is 10.0. The van der Waals surface area contributed by atoms with E-state index in [1.165, 1.54) is 0 Å². The van der Waals surface area contributed by atoms with Gasteiger partial charge in [0.05, 0.1) is 12.1 Å². The van der Waals surface area contributed by atoms with Crippen LogP contribution in [0.15, 0.2) is 47.5 Å². The highest BCUT2D eigenvalue weighted by Gasteiger charge is 2.16. The maximum Gasteiger partial charge on any atom is 0.343 e. The van der Waals surface area contributed by atoms with Crippen molar-refractivity contribution in [2.24, 2.45) is 0 Å². The average molecular weight is 365 g/mol. The molecule has 0 saturated carbocycles. The number of esters is 1. The Morgan fingerprint density at radius 1 is 1.15 bits per heavy atom. The second-order valence-electron chi connectivity index (χ2n) is 6.41. The van der Waals surface area contributed by atoms with Crippen LogP contribution in [0.3, 0.4) is 0 Å². The maximum absolute atomic E-state index is 12.8. The van der Waals surface area contributed by atoms with Crippen LogP contribution in [-0.4, -0.2) is 36.2 Å². The van der Waals surface area contributed by atoms with Crippen LogP contribution in [0.1, 0.15) is 24.2 Å². The minimum Gasteiger partial charge on any atom is -0.462 e. The van der Waals surface area contributed by atoms with Crippen molar-refractivity contribution in [3.05, 3.63) is 58.5 Å². The number of pyridine rings is 2. The van der Waals surface area contributed by atoms with E-state index in [-0.39, 0.29) is 17.6 Å². The summed E-state index contributed by atoms with van der Waals surface area (Å²) < 4.78 is 6.93. The summed E-state index contributed by atoms with van der Waals surface area (Å²) in [4.78, 5) is 31.2. The highest BCUT2D eigenvalue weighted by atomic mass is 16.5. The molecule has 27 heavy (non-hydrogen) atoms. The third kappa shape index (κ3) is 3.56. The molecule has 0 amide bonds. The summed E-state index contributed by atoms with van der Waals surface area (Å²) in [6.45, 7) is 4.56. The van der Waals surface area contributed by atoms with Crippen LogP contribution in [0.2, 0.25) is 0 Å². The number of aryl methyl sites for hydroxylation is 1. The summed E-state index contributed by atoms with van der Waals surface area (Å²) in [5, 5.41) is 0.507. The van der Waals surface area contributed by atoms with E-state index >= 15 is 0 Å². The summed E-state index contributed by atoms with van der Waals surface area (Å²) in [5.41, 5.74) is 2.55. The summed E-state index contributed by atoms with van der Waals surface area (Å²) in [5.74, 6) is 0.276. The number of anilines is 1. The molecule has 2 aromatic heterocycles. The predicted octanol–water partition coefficient (Wildman–Crippen LogP) is 3.33. The minimum absolute atomic E-state index is 0.0674. The monoisotopic (exact) mass is 365 g/mol. The number of hydrogen-bond donors (Lipinski definition) is 0. The molecule has 3 rings (SSSR count). The second kappa shape index (κ2) is 7.61. The zero-order chi connectivity index (χ0) is 19.6. The fourth-order valence-corrected chi connectivity index (χ4v) is 3.03. The van der Waals surface area contributed by atoms with E-state index in [1.54, 1.807) is 25.4 Å². The van der Waals surface area contributed by atoms with Crippen molar-refractivity contribution >= 4 is 22.7 Å². The molecule has 0 fully saturated rings. The third-order valence-electron chi connectivity index (χ3n) is 4.45. The van der Waals surface area contributed by atoms with Gasteiger partial charge in [0.1, 0.15) is 11.4 Å². The van der Waals surface area contributed by atoms with Gasteiger partial charge in [-0.15, -0.1) is 0 Å². The molecule has 0 N–H and O–H groups in total. The Labute approximate surface area is 158 Å². The SMILES string of the molecule is CCOC(=O)c1cn(CC)c2cc(-c3ccnc(N(C)C)c3)ccc2c1=O. The van der Waals surface area contributed by atoms with Crippen LogP contribution in [0.25, 0.3) is 22.0 Å². The smallest absolute Gasteiger partial charge is 0.343 e. The van der Waals surface area contributed by atoms with Gasteiger partial charge in [0.2, 0.25) is 5.43 Å². The molecule has 0 aliphatic rings. The van der Waals surface area contributed by atoms with E-state index in [4.69, 9.17) is 4.74 Å². The number of ether oxygens (including phenoxy) is 1. The second-order valence-corrected chi connectivity index (χ2v) is 6.41. The molecule has 6 nitrogen and oxygen atoms in total. The Balaban J connectivity index is 2.18. The van der Waals surface area contributed by atoms with Gasteiger partial charge in [0.25, 0.3) is 0 Å². The van der Waals surface area contributed by atoms with Gasteiger partial charge in [-0.3, -0.25) is 4.79 Å². The number of benzene rings is 1. The van der Waals surface area contributed by atoms with Gasteiger partial charge in [-0.05, 0) is 49.2 Å². The summed E-state index contributed by atoms with van der Waals surface area (Å²) >= 11 is 0. The number of aromatic nitrogens is 2. The summed E-state index contributed by atoms with van der Waals surface area (Å²) in [6.07, 6.45) is 3.36. The molecule has 0 spiro atoms. The van der Waals surface area contributed by atoms with Crippen molar-refractivity contribution in [1.29, 1.82) is 0 Å². The van der Waals surface area contributed by atoms with Gasteiger partial charge >= 0.3 is 5.97 Å². The summed E-state index contributed by atoms with van der Waals surface area (Å²) in [7, 11) is 3.89. The molecule has 0 aliphatic heterocycles. The molecule has 0 radical (unpaired) electrons. The van der Waals surface area contributed by atoms with E-state index in [1.807, 2.05) is 54.8 Å². The minimum atomic E-state index is -0.583. The van der Waals surface area contributed by atoms with Gasteiger partial charge < -0.3 is 14.2 Å². The lowest BCUT2D eigenvalue weighted by Gasteiger charge is -2.14. The number of rotatable bonds is 5. The molecule has 3 aromatic rings. The summed E-state index contributed by atoms with van der Waals surface area (Å²) in [6, 6.07) is 9.59. The molecule has 2 heterocycles. The van der Waals surface area contributed by atoms with Crippen LogP contribution < -0.4 is 10.3 Å². The fourth-order valence-electron chi connectivity index (χ4n) is 3.03. The molecule has 0 bridgehead atoms. The fraction of sp³-hybridized carbons (Fsp3) is 0.286. The Morgan fingerprint density at radius 3 is 2.56 bits per heavy atom. The molecule has 0 atom stereocenters. The zero-order valence-electron chi connectivity index (χ0n) is 16.0. The third-order valence-corrected chi connectivity index (χ3v) is 4.45. The van der Waals surface area contributed by atoms with Crippen LogP contribution >= 0.6 is 0 Å². The first-order valence-corrected chi connectivity index (χ1v) is 8.94. The van der Waals surface area contributed by atoms with Gasteiger partial charge in [-0.25, -0.2) is 9.78 Å². The molecule has 1 aromatic carbocycles. The van der Waals surface area contributed by atoms with E-state index in [0.29, 0.717) is 11.9 Å². The molecule has 0 saturated heterocycles. The van der Waals surface area contributed by atoms with Crippen molar-refractivity contribution in [2.75, 3.05) is 25.6 Å². The largest absolute Gasteiger partial charge is 0.462 e. The quantitative estimate of drug-likeness (QED) is 0.649. The van der Waals surface area contributed by atoms with E-state index in [2.05, 4.69) is 4.98 Å². The first-order chi connectivity index (χ1) is 13.0. The molecular formula is C21H23N3O3. The first-order valence-electron chi connectivity index (χ1n) is 8.94. The maximum atomic E-state index is 12.8. The van der Waals surface area contributed by atoms with Crippen molar-refractivity contribution in [1.82, 2.24) is 9.55 Å². The number of fused-ring (bicyclic) bond motifs is 1. The Morgan fingerprint density at radius 2 is 1.89 bits per heavy atom. The van der Waals surface area contributed by atoms with Gasteiger partial charge in [0.15, 0.2) is 0 Å². The van der Waals surface area contributed by atoms with Gasteiger partial charge in [0, 0.05) is 38.4 Å². The number of nitrogens with zero attached hydrogens (tertiary/aromatic N) is 3. The van der Waals surface area contributed by atoms with E-state index in [9.17, 15) is 9.59 Å². The molecular weight excluding hydrogens is 342 g/mol. The Hall–Kier alpha value is -3.15. The van der Waals surface area contributed by atoms with Gasteiger partial charge in [-0.1, -0.05) is 6.07 Å². The van der Waals surface area contributed by atoms with Gasteiger partial charge in [-0.2, -0.15) is 0 Å². The van der Waals surface area contributed by atoms with Crippen molar-refractivity contribution in [3.63, 3.8) is 0 Å². The number of hydrogen-bond acceptors (Lipinski definition) is 5. The predicted molar refractivity (Wildman–Crippen MR) is 107 cm³/mol. The first kappa shape index (κ1) is 18.6. The van der Waals surface area contributed by atoms with E-state index < -0.39 is 5.97 Å². The van der Waals surface area contributed by atoms with Crippen molar-refractivity contribution < 1.29 is 9.53 Å². The molecule has 0 unspecified atom stereocenters.